The minimum absolute atomic E-state index is 0.0668. The molecule has 1 amide bonds. The molecule has 0 spiro atoms. The van der Waals surface area contributed by atoms with Crippen LogP contribution in [0.1, 0.15) is 37.3 Å². The molecule has 0 aliphatic carbocycles. The fourth-order valence-corrected chi connectivity index (χ4v) is 4.50. The van der Waals surface area contributed by atoms with E-state index in [9.17, 15) is 19.4 Å². The van der Waals surface area contributed by atoms with Crippen molar-refractivity contribution >= 4 is 11.6 Å². The van der Waals surface area contributed by atoms with E-state index >= 15 is 0 Å². The van der Waals surface area contributed by atoms with E-state index in [1.54, 1.807) is 12.1 Å². The minimum Gasteiger partial charge on any atom is -0.385 e. The minimum atomic E-state index is -0.998. The number of aliphatic hydroxyl groups is 2. The van der Waals surface area contributed by atoms with Gasteiger partial charge in [0, 0.05) is 25.2 Å². The highest BCUT2D eigenvalue weighted by Gasteiger charge is 2.39. The fraction of sp³-hybridized carbons (Fsp3) is 0.435. The molecule has 0 radical (unpaired) electrons. The molecule has 1 saturated heterocycles. The maximum Gasteiger partial charge on any atom is 0.229 e. The third-order valence-electron chi connectivity index (χ3n) is 6.41. The first kappa shape index (κ1) is 20.0. The predicted octanol–water partition coefficient (Wildman–Crippen LogP) is 2.80. The summed E-state index contributed by atoms with van der Waals surface area (Å²) in [6.07, 6.45) is 1.10. The Balaban J connectivity index is 1.46. The first-order valence-corrected chi connectivity index (χ1v) is 10.2. The second-order valence-electron chi connectivity index (χ2n) is 8.12. The maximum absolute atomic E-state index is 13.2. The smallest absolute Gasteiger partial charge is 0.229 e. The second-order valence-corrected chi connectivity index (χ2v) is 8.12. The van der Waals surface area contributed by atoms with E-state index in [4.69, 9.17) is 0 Å². The lowest BCUT2D eigenvalue weighted by Crippen LogP contribution is -2.56. The van der Waals surface area contributed by atoms with E-state index in [1.807, 2.05) is 31.2 Å². The van der Waals surface area contributed by atoms with Gasteiger partial charge in [0.1, 0.15) is 12.0 Å². The average Bonchev–Trinajstić information content (AvgIpc) is 2.73. The summed E-state index contributed by atoms with van der Waals surface area (Å²) in [5.74, 6) is -0.388. The summed E-state index contributed by atoms with van der Waals surface area (Å²) < 4.78 is 13.2. The van der Waals surface area contributed by atoms with Gasteiger partial charge in [0.05, 0.1) is 11.6 Å². The Morgan fingerprint density at radius 1 is 1.03 bits per heavy atom. The van der Waals surface area contributed by atoms with Crippen LogP contribution >= 0.6 is 0 Å². The van der Waals surface area contributed by atoms with Crippen molar-refractivity contribution in [1.29, 1.82) is 0 Å². The molecule has 2 aliphatic heterocycles. The van der Waals surface area contributed by atoms with Gasteiger partial charge in [0.2, 0.25) is 5.91 Å². The molecule has 2 aliphatic rings. The quantitative estimate of drug-likeness (QED) is 0.831. The average molecular weight is 398 g/mol. The van der Waals surface area contributed by atoms with Crippen molar-refractivity contribution in [2.75, 3.05) is 18.0 Å². The lowest BCUT2D eigenvalue weighted by molar-refractivity contribution is -0.122. The molecule has 2 heterocycles. The number of carbonyl (C=O) groups excluding carboxylic acids is 1. The summed E-state index contributed by atoms with van der Waals surface area (Å²) in [7, 11) is 0. The van der Waals surface area contributed by atoms with Crippen LogP contribution in [0.3, 0.4) is 0 Å². The van der Waals surface area contributed by atoms with Gasteiger partial charge in [-0.3, -0.25) is 14.6 Å². The van der Waals surface area contributed by atoms with Gasteiger partial charge in [0.25, 0.3) is 0 Å². The number of aliphatic hydroxyl groups excluding tert-OH is 1. The first-order valence-electron chi connectivity index (χ1n) is 10.2. The van der Waals surface area contributed by atoms with Gasteiger partial charge in [-0.1, -0.05) is 30.3 Å². The Bertz CT molecular complexity index is 878. The summed E-state index contributed by atoms with van der Waals surface area (Å²) in [4.78, 5) is 16.2. The van der Waals surface area contributed by atoms with Crippen LogP contribution in [0, 0.1) is 5.82 Å². The van der Waals surface area contributed by atoms with Gasteiger partial charge in [0.15, 0.2) is 0 Å². The van der Waals surface area contributed by atoms with Gasteiger partial charge in [-0.05, 0) is 55.5 Å². The third-order valence-corrected chi connectivity index (χ3v) is 6.41. The van der Waals surface area contributed by atoms with E-state index in [-0.39, 0.29) is 17.8 Å². The van der Waals surface area contributed by atoms with Gasteiger partial charge >= 0.3 is 0 Å². The molecular weight excluding hydrogens is 371 g/mol. The van der Waals surface area contributed by atoms with E-state index < -0.39 is 11.8 Å². The Morgan fingerprint density at radius 3 is 2.38 bits per heavy atom. The molecular formula is C23H27FN2O3. The zero-order valence-electron chi connectivity index (χ0n) is 16.6. The van der Waals surface area contributed by atoms with E-state index in [0.29, 0.717) is 44.3 Å². The van der Waals surface area contributed by atoms with Crippen LogP contribution < -0.4 is 4.90 Å². The maximum atomic E-state index is 13.2. The standard InChI is InChI=1S/C23H27FN2O3/c1-16(22(28)26-20-5-3-2-4-17(20)6-11-21(26)27)25-14-12-23(29,13-15-25)18-7-9-19(24)10-8-18/h2-5,7-10,16,22,28-29H,6,11-15H2,1H3. The number of anilines is 1. The molecule has 0 saturated carbocycles. The number of carbonyl (C=O) groups is 1. The number of fused-ring (bicyclic) bond motifs is 1. The normalized spacial score (nSPS) is 21.5. The van der Waals surface area contributed by atoms with E-state index in [0.717, 1.165) is 11.3 Å². The summed E-state index contributed by atoms with van der Waals surface area (Å²) in [5, 5.41) is 22.1. The molecule has 0 bridgehead atoms. The Hall–Kier alpha value is -2.28. The van der Waals surface area contributed by atoms with Crippen molar-refractivity contribution in [3.8, 4) is 0 Å². The van der Waals surface area contributed by atoms with Crippen molar-refractivity contribution in [3.63, 3.8) is 0 Å². The molecule has 2 aromatic carbocycles. The van der Waals surface area contributed by atoms with Crippen molar-refractivity contribution in [2.45, 2.75) is 50.5 Å². The number of para-hydroxylation sites is 1. The lowest BCUT2D eigenvalue weighted by atomic mass is 9.84. The molecule has 6 heteroatoms. The molecule has 2 N–H and O–H groups in total. The molecule has 2 aromatic rings. The Labute approximate surface area is 170 Å². The number of amides is 1. The van der Waals surface area contributed by atoms with Crippen LogP contribution in [0.15, 0.2) is 48.5 Å². The zero-order chi connectivity index (χ0) is 20.6. The molecule has 2 atom stereocenters. The van der Waals surface area contributed by atoms with Crippen molar-refractivity contribution in [2.24, 2.45) is 0 Å². The number of hydrogen-bond donors (Lipinski definition) is 2. The van der Waals surface area contributed by atoms with Gasteiger partial charge in [-0.25, -0.2) is 4.39 Å². The number of likely N-dealkylation sites (tertiary alicyclic amines) is 1. The molecule has 4 rings (SSSR count). The van der Waals surface area contributed by atoms with Crippen molar-refractivity contribution < 1.29 is 19.4 Å². The topological polar surface area (TPSA) is 64.0 Å². The molecule has 5 nitrogen and oxygen atoms in total. The summed E-state index contributed by atoms with van der Waals surface area (Å²) in [5.41, 5.74) is 1.57. The Kier molecular flexibility index (Phi) is 5.42. The van der Waals surface area contributed by atoms with Crippen LogP contribution in [0.4, 0.5) is 10.1 Å². The fourth-order valence-electron chi connectivity index (χ4n) is 4.50. The van der Waals surface area contributed by atoms with E-state index in [2.05, 4.69) is 4.90 Å². The number of rotatable bonds is 4. The third kappa shape index (κ3) is 3.80. The number of hydrogen-bond acceptors (Lipinski definition) is 4. The van der Waals surface area contributed by atoms with Crippen molar-refractivity contribution in [1.82, 2.24) is 4.90 Å². The number of aryl methyl sites for hydroxylation is 1. The Morgan fingerprint density at radius 2 is 1.69 bits per heavy atom. The summed E-state index contributed by atoms with van der Waals surface area (Å²) in [6.45, 7) is 3.07. The van der Waals surface area contributed by atoms with Gasteiger partial charge in [-0.15, -0.1) is 0 Å². The molecule has 29 heavy (non-hydrogen) atoms. The molecule has 1 fully saturated rings. The van der Waals surface area contributed by atoms with E-state index in [1.165, 1.54) is 17.0 Å². The van der Waals surface area contributed by atoms with Crippen LogP contribution in [-0.4, -0.2) is 46.4 Å². The zero-order valence-corrected chi connectivity index (χ0v) is 16.6. The second kappa shape index (κ2) is 7.86. The van der Waals surface area contributed by atoms with Crippen LogP contribution in [0.2, 0.25) is 0 Å². The van der Waals surface area contributed by atoms with Crippen LogP contribution in [-0.2, 0) is 16.8 Å². The molecule has 2 unspecified atom stereocenters. The van der Waals surface area contributed by atoms with Crippen LogP contribution in [0.5, 0.6) is 0 Å². The largest absolute Gasteiger partial charge is 0.385 e. The predicted molar refractivity (Wildman–Crippen MR) is 109 cm³/mol. The number of benzene rings is 2. The molecule has 154 valence electrons. The number of halogens is 1. The first-order chi connectivity index (χ1) is 13.9. The highest BCUT2D eigenvalue weighted by Crippen LogP contribution is 2.35. The molecule has 0 aromatic heterocycles. The SMILES string of the molecule is CC(C(O)N1C(=O)CCc2ccccc21)N1CCC(O)(c2ccc(F)cc2)CC1. The highest BCUT2D eigenvalue weighted by atomic mass is 19.1. The van der Waals surface area contributed by atoms with Crippen molar-refractivity contribution in [3.05, 3.63) is 65.5 Å². The lowest BCUT2D eigenvalue weighted by Gasteiger charge is -2.44. The monoisotopic (exact) mass is 398 g/mol. The van der Waals surface area contributed by atoms with Gasteiger partial charge in [-0.2, -0.15) is 0 Å². The number of piperidine rings is 1. The summed E-state index contributed by atoms with van der Waals surface area (Å²) >= 11 is 0. The highest BCUT2D eigenvalue weighted by molar-refractivity contribution is 5.96. The summed E-state index contributed by atoms with van der Waals surface area (Å²) in [6, 6.07) is 13.4. The number of nitrogens with zero attached hydrogens (tertiary/aromatic N) is 2. The van der Waals surface area contributed by atoms with Crippen LogP contribution in [0.25, 0.3) is 0 Å². The van der Waals surface area contributed by atoms with Gasteiger partial charge < -0.3 is 10.2 Å².